The van der Waals surface area contributed by atoms with E-state index >= 15 is 0 Å². The Bertz CT molecular complexity index is 351. The Morgan fingerprint density at radius 1 is 1.56 bits per heavy atom. The zero-order chi connectivity index (χ0) is 12.8. The number of rotatable bonds is 6. The molecule has 1 unspecified atom stereocenters. The van der Waals surface area contributed by atoms with E-state index in [1.807, 2.05) is 13.0 Å². The third kappa shape index (κ3) is 4.10. The molecule has 2 heterocycles. The summed E-state index contributed by atoms with van der Waals surface area (Å²) in [6.07, 6.45) is 3.87. The third-order valence-corrected chi connectivity index (χ3v) is 3.53. The fraction of sp³-hybridized carbons (Fsp3) is 0.786. The summed E-state index contributed by atoms with van der Waals surface area (Å²) in [4.78, 5) is 2.50. The summed E-state index contributed by atoms with van der Waals surface area (Å²) < 4.78 is 5.12. The Morgan fingerprint density at radius 2 is 2.44 bits per heavy atom. The van der Waals surface area contributed by atoms with Gasteiger partial charge >= 0.3 is 0 Å². The van der Waals surface area contributed by atoms with Gasteiger partial charge in [-0.25, -0.2) is 0 Å². The van der Waals surface area contributed by atoms with Crippen LogP contribution in [0.1, 0.15) is 37.6 Å². The molecular weight excluding hydrogens is 226 g/mol. The van der Waals surface area contributed by atoms with Crippen LogP contribution in [0.15, 0.2) is 10.6 Å². The van der Waals surface area contributed by atoms with Crippen LogP contribution < -0.4 is 5.32 Å². The predicted octanol–water partition coefficient (Wildman–Crippen LogP) is 2.19. The van der Waals surface area contributed by atoms with Gasteiger partial charge in [-0.2, -0.15) is 0 Å². The molecule has 1 saturated heterocycles. The van der Waals surface area contributed by atoms with Gasteiger partial charge in [0.1, 0.15) is 5.76 Å². The smallest absolute Gasteiger partial charge is 0.133 e. The average Bonchev–Trinajstić information content (AvgIpc) is 2.76. The van der Waals surface area contributed by atoms with Gasteiger partial charge in [0, 0.05) is 19.2 Å². The second kappa shape index (κ2) is 6.90. The number of piperidine rings is 1. The van der Waals surface area contributed by atoms with Gasteiger partial charge in [0.05, 0.1) is 5.69 Å². The zero-order valence-electron chi connectivity index (χ0n) is 11.6. The van der Waals surface area contributed by atoms with Gasteiger partial charge in [0.2, 0.25) is 0 Å². The topological polar surface area (TPSA) is 41.3 Å². The summed E-state index contributed by atoms with van der Waals surface area (Å²) in [5, 5.41) is 7.61. The highest BCUT2D eigenvalue weighted by atomic mass is 16.5. The van der Waals surface area contributed by atoms with Crippen LogP contribution in [0.3, 0.4) is 0 Å². The molecule has 0 bridgehead atoms. The van der Waals surface area contributed by atoms with Crippen molar-refractivity contribution in [1.82, 2.24) is 15.4 Å². The van der Waals surface area contributed by atoms with E-state index in [0.717, 1.165) is 37.0 Å². The molecule has 1 fully saturated rings. The number of nitrogens with zero attached hydrogens (tertiary/aromatic N) is 2. The molecule has 0 aliphatic carbocycles. The van der Waals surface area contributed by atoms with Crippen molar-refractivity contribution >= 4 is 0 Å². The van der Waals surface area contributed by atoms with Gasteiger partial charge in [0.15, 0.2) is 0 Å². The van der Waals surface area contributed by atoms with E-state index in [0.29, 0.717) is 0 Å². The first kappa shape index (κ1) is 13.6. The molecule has 0 saturated carbocycles. The molecule has 4 heteroatoms. The van der Waals surface area contributed by atoms with Crippen LogP contribution in [-0.4, -0.2) is 36.2 Å². The Hall–Kier alpha value is -0.870. The van der Waals surface area contributed by atoms with Crippen LogP contribution in [0.5, 0.6) is 0 Å². The minimum Gasteiger partial charge on any atom is -0.361 e. The van der Waals surface area contributed by atoms with Crippen LogP contribution in [-0.2, 0) is 6.54 Å². The highest BCUT2D eigenvalue weighted by Gasteiger charge is 2.20. The fourth-order valence-corrected chi connectivity index (χ4v) is 2.67. The maximum absolute atomic E-state index is 5.12. The lowest BCUT2D eigenvalue weighted by Gasteiger charge is -2.32. The van der Waals surface area contributed by atoms with E-state index in [4.69, 9.17) is 4.52 Å². The first-order valence-electron chi connectivity index (χ1n) is 7.13. The lowest BCUT2D eigenvalue weighted by Crippen LogP contribution is -2.39. The molecule has 0 radical (unpaired) electrons. The first-order valence-corrected chi connectivity index (χ1v) is 7.13. The maximum Gasteiger partial charge on any atom is 0.133 e. The molecular formula is C14H25N3O. The number of nitrogens with one attached hydrogen (secondary N) is 1. The predicted molar refractivity (Wildman–Crippen MR) is 72.4 cm³/mol. The quantitative estimate of drug-likeness (QED) is 0.787. The van der Waals surface area contributed by atoms with Gasteiger partial charge in [-0.1, -0.05) is 12.1 Å². The summed E-state index contributed by atoms with van der Waals surface area (Å²) in [5.74, 6) is 1.70. The third-order valence-electron chi connectivity index (χ3n) is 3.53. The minimum atomic E-state index is 0.790. The first-order chi connectivity index (χ1) is 8.78. The van der Waals surface area contributed by atoms with Crippen molar-refractivity contribution in [1.29, 1.82) is 0 Å². The number of hydrogen-bond donors (Lipinski definition) is 1. The van der Waals surface area contributed by atoms with Crippen molar-refractivity contribution in [3.63, 3.8) is 0 Å². The number of hydrogen-bond acceptors (Lipinski definition) is 4. The van der Waals surface area contributed by atoms with Crippen molar-refractivity contribution in [2.24, 2.45) is 5.92 Å². The van der Waals surface area contributed by atoms with Gasteiger partial charge in [0.25, 0.3) is 0 Å². The van der Waals surface area contributed by atoms with Crippen molar-refractivity contribution in [3.8, 4) is 0 Å². The van der Waals surface area contributed by atoms with E-state index < -0.39 is 0 Å². The lowest BCUT2D eigenvalue weighted by atomic mass is 9.98. The average molecular weight is 251 g/mol. The van der Waals surface area contributed by atoms with Gasteiger partial charge in [-0.15, -0.1) is 0 Å². The number of aromatic nitrogens is 1. The fourth-order valence-electron chi connectivity index (χ4n) is 2.67. The minimum absolute atomic E-state index is 0.790. The Labute approximate surface area is 110 Å². The van der Waals surface area contributed by atoms with E-state index in [9.17, 15) is 0 Å². The molecule has 18 heavy (non-hydrogen) atoms. The summed E-state index contributed by atoms with van der Waals surface area (Å²) in [6.45, 7) is 9.76. The number of aryl methyl sites for hydroxylation is 1. The van der Waals surface area contributed by atoms with Crippen LogP contribution in [0, 0.1) is 12.8 Å². The van der Waals surface area contributed by atoms with Crippen LogP contribution in [0.4, 0.5) is 0 Å². The van der Waals surface area contributed by atoms with E-state index in [1.165, 1.54) is 32.4 Å². The van der Waals surface area contributed by atoms with Crippen molar-refractivity contribution in [2.45, 2.75) is 39.7 Å². The van der Waals surface area contributed by atoms with E-state index in [2.05, 4.69) is 22.3 Å². The molecule has 0 aromatic carbocycles. The summed E-state index contributed by atoms with van der Waals surface area (Å²) in [6, 6.07) is 2.04. The van der Waals surface area contributed by atoms with Gasteiger partial charge < -0.3 is 9.84 Å². The molecule has 1 aromatic rings. The molecule has 102 valence electrons. The molecule has 1 N–H and O–H groups in total. The van der Waals surface area contributed by atoms with Crippen LogP contribution >= 0.6 is 0 Å². The zero-order valence-corrected chi connectivity index (χ0v) is 11.6. The maximum atomic E-state index is 5.12. The normalized spacial score (nSPS) is 21.3. The second-order valence-corrected chi connectivity index (χ2v) is 5.38. The highest BCUT2D eigenvalue weighted by molar-refractivity contribution is 5.03. The SMILES string of the molecule is CCCNCC1CCCN(Cc2cc(C)on2)C1. The highest BCUT2D eigenvalue weighted by Crippen LogP contribution is 2.18. The van der Waals surface area contributed by atoms with Crippen LogP contribution in [0.2, 0.25) is 0 Å². The van der Waals surface area contributed by atoms with E-state index in [-0.39, 0.29) is 0 Å². The molecule has 1 aliphatic heterocycles. The van der Waals surface area contributed by atoms with Crippen LogP contribution in [0.25, 0.3) is 0 Å². The molecule has 1 aliphatic rings. The monoisotopic (exact) mass is 251 g/mol. The summed E-state index contributed by atoms with van der Waals surface area (Å²) in [7, 11) is 0. The van der Waals surface area contributed by atoms with Gasteiger partial charge in [-0.05, 0) is 51.7 Å². The van der Waals surface area contributed by atoms with Crippen molar-refractivity contribution < 1.29 is 4.52 Å². The molecule has 1 aromatic heterocycles. The standard InChI is InChI=1S/C14H25N3O/c1-3-6-15-9-13-5-4-7-17(10-13)11-14-8-12(2)18-16-14/h8,13,15H,3-7,9-11H2,1-2H3. The molecule has 1 atom stereocenters. The molecule has 2 rings (SSSR count). The largest absolute Gasteiger partial charge is 0.361 e. The Morgan fingerprint density at radius 3 is 3.17 bits per heavy atom. The van der Waals surface area contributed by atoms with Gasteiger partial charge in [-0.3, -0.25) is 4.90 Å². The molecule has 0 spiro atoms. The van der Waals surface area contributed by atoms with Crippen molar-refractivity contribution in [2.75, 3.05) is 26.2 Å². The second-order valence-electron chi connectivity index (χ2n) is 5.38. The van der Waals surface area contributed by atoms with E-state index in [1.54, 1.807) is 0 Å². The Balaban J connectivity index is 1.76. The number of likely N-dealkylation sites (tertiary alicyclic amines) is 1. The van der Waals surface area contributed by atoms with Crippen molar-refractivity contribution in [3.05, 3.63) is 17.5 Å². The Kier molecular flexibility index (Phi) is 5.20. The lowest BCUT2D eigenvalue weighted by molar-refractivity contribution is 0.162. The molecule has 4 nitrogen and oxygen atoms in total. The molecule has 0 amide bonds. The summed E-state index contributed by atoms with van der Waals surface area (Å²) >= 11 is 0. The summed E-state index contributed by atoms with van der Waals surface area (Å²) in [5.41, 5.74) is 1.06.